The number of hydrogen-bond donors (Lipinski definition) is 1. The number of hydrogen-bond acceptors (Lipinski definition) is 3. The Bertz CT molecular complexity index is 725. The Balaban J connectivity index is 2.05. The Kier molecular flexibility index (Phi) is 7.14. The van der Waals surface area contributed by atoms with Crippen LogP contribution in [0.3, 0.4) is 0 Å². The van der Waals surface area contributed by atoms with Gasteiger partial charge in [-0.25, -0.2) is 12.7 Å². The number of halogens is 2. The minimum absolute atomic E-state index is 0.0659. The van der Waals surface area contributed by atoms with Crippen LogP contribution in [0.2, 0.25) is 10.0 Å². The fraction of sp³-hybridized carbons (Fsp3) is 0.588. The Morgan fingerprint density at radius 3 is 2.72 bits per heavy atom. The zero-order valence-corrected chi connectivity index (χ0v) is 16.8. The molecule has 1 heterocycles. The molecule has 0 spiro atoms. The van der Waals surface area contributed by atoms with Crippen LogP contribution in [-0.2, 0) is 20.6 Å². The van der Waals surface area contributed by atoms with E-state index in [1.807, 2.05) is 13.8 Å². The Labute approximate surface area is 159 Å². The first-order valence-corrected chi connectivity index (χ1v) is 10.8. The number of nitrogens with one attached hydrogen (secondary N) is 1. The van der Waals surface area contributed by atoms with Crippen LogP contribution in [-0.4, -0.2) is 37.8 Å². The van der Waals surface area contributed by atoms with Crippen molar-refractivity contribution in [2.75, 3.05) is 13.1 Å². The number of benzene rings is 1. The second kappa shape index (κ2) is 8.71. The molecule has 2 atom stereocenters. The zero-order chi connectivity index (χ0) is 18.6. The summed E-state index contributed by atoms with van der Waals surface area (Å²) in [6, 6.07) is 4.91. The van der Waals surface area contributed by atoms with Gasteiger partial charge in [-0.15, -0.1) is 0 Å². The third kappa shape index (κ3) is 5.58. The molecule has 1 aromatic rings. The number of rotatable bonds is 6. The molecule has 0 aromatic heterocycles. The first-order chi connectivity index (χ1) is 11.7. The van der Waals surface area contributed by atoms with Crippen LogP contribution < -0.4 is 5.32 Å². The number of amides is 1. The Morgan fingerprint density at radius 2 is 2.08 bits per heavy atom. The molecule has 2 unspecified atom stereocenters. The SMILES string of the molecule is CCC(C)NC(=O)C1CCCN(S(=O)(=O)Cc2ccc(Cl)c(Cl)c2)C1. The van der Waals surface area contributed by atoms with Gasteiger partial charge in [-0.3, -0.25) is 4.79 Å². The molecular formula is C17H24Cl2N2O3S. The Hall–Kier alpha value is -0.820. The van der Waals surface area contributed by atoms with E-state index in [9.17, 15) is 13.2 Å². The van der Waals surface area contributed by atoms with Gasteiger partial charge in [0.1, 0.15) is 0 Å². The van der Waals surface area contributed by atoms with E-state index in [0.717, 1.165) is 6.42 Å². The highest BCUT2D eigenvalue weighted by atomic mass is 35.5. The molecule has 2 rings (SSSR count). The lowest BCUT2D eigenvalue weighted by Gasteiger charge is -2.31. The highest BCUT2D eigenvalue weighted by Gasteiger charge is 2.32. The van der Waals surface area contributed by atoms with Crippen LogP contribution in [0.1, 0.15) is 38.7 Å². The minimum Gasteiger partial charge on any atom is -0.353 e. The molecule has 0 radical (unpaired) electrons. The maximum absolute atomic E-state index is 12.7. The van der Waals surface area contributed by atoms with Crippen molar-refractivity contribution in [3.8, 4) is 0 Å². The van der Waals surface area contributed by atoms with Gasteiger partial charge in [0.2, 0.25) is 15.9 Å². The predicted molar refractivity (Wildman–Crippen MR) is 101 cm³/mol. The van der Waals surface area contributed by atoms with Gasteiger partial charge in [0.25, 0.3) is 0 Å². The minimum atomic E-state index is -3.51. The monoisotopic (exact) mass is 406 g/mol. The summed E-state index contributed by atoms with van der Waals surface area (Å²) in [5.74, 6) is -0.515. The second-order valence-corrected chi connectivity index (χ2v) is 9.30. The molecule has 1 fully saturated rings. The van der Waals surface area contributed by atoms with Gasteiger partial charge in [0.05, 0.1) is 21.7 Å². The predicted octanol–water partition coefficient (Wildman–Crippen LogP) is 3.45. The summed E-state index contributed by atoms with van der Waals surface area (Å²) < 4.78 is 26.8. The summed E-state index contributed by atoms with van der Waals surface area (Å²) in [6.07, 6.45) is 2.23. The van der Waals surface area contributed by atoms with E-state index >= 15 is 0 Å². The van der Waals surface area contributed by atoms with Gasteiger partial charge < -0.3 is 5.32 Å². The van der Waals surface area contributed by atoms with Crippen LogP contribution in [0.5, 0.6) is 0 Å². The zero-order valence-electron chi connectivity index (χ0n) is 14.5. The molecule has 5 nitrogen and oxygen atoms in total. The lowest BCUT2D eigenvalue weighted by Crippen LogP contribution is -2.47. The molecular weight excluding hydrogens is 383 g/mol. The van der Waals surface area contributed by atoms with E-state index in [-0.39, 0.29) is 30.2 Å². The summed E-state index contributed by atoms with van der Waals surface area (Å²) in [4.78, 5) is 12.3. The molecule has 1 N–H and O–H groups in total. The molecule has 1 amide bonds. The van der Waals surface area contributed by atoms with E-state index in [0.29, 0.717) is 35.0 Å². The van der Waals surface area contributed by atoms with Crippen LogP contribution in [0, 0.1) is 5.92 Å². The molecule has 0 saturated carbocycles. The lowest BCUT2D eigenvalue weighted by molar-refractivity contribution is -0.126. The van der Waals surface area contributed by atoms with Crippen molar-refractivity contribution in [2.45, 2.75) is 44.9 Å². The Morgan fingerprint density at radius 1 is 1.36 bits per heavy atom. The van der Waals surface area contributed by atoms with Gasteiger partial charge in [-0.05, 0) is 43.9 Å². The second-order valence-electron chi connectivity index (χ2n) is 6.52. The molecule has 8 heteroatoms. The fourth-order valence-corrected chi connectivity index (χ4v) is 4.72. The van der Waals surface area contributed by atoms with Crippen molar-refractivity contribution < 1.29 is 13.2 Å². The number of carbonyl (C=O) groups is 1. The topological polar surface area (TPSA) is 66.5 Å². The first kappa shape index (κ1) is 20.5. The van der Waals surface area contributed by atoms with Crippen molar-refractivity contribution in [1.82, 2.24) is 9.62 Å². The van der Waals surface area contributed by atoms with Crippen molar-refractivity contribution in [3.05, 3.63) is 33.8 Å². The van der Waals surface area contributed by atoms with Crippen molar-refractivity contribution in [1.29, 1.82) is 0 Å². The largest absolute Gasteiger partial charge is 0.353 e. The van der Waals surface area contributed by atoms with E-state index < -0.39 is 10.0 Å². The van der Waals surface area contributed by atoms with Crippen LogP contribution in [0.4, 0.5) is 0 Å². The standard InChI is InChI=1S/C17H24Cl2N2O3S/c1-3-12(2)20-17(22)14-5-4-8-21(10-14)25(23,24)11-13-6-7-15(18)16(19)9-13/h6-7,9,12,14H,3-5,8,10-11H2,1-2H3,(H,20,22). The van der Waals surface area contributed by atoms with Crippen molar-refractivity contribution >= 4 is 39.1 Å². The van der Waals surface area contributed by atoms with Crippen LogP contribution in [0.15, 0.2) is 18.2 Å². The van der Waals surface area contributed by atoms with E-state index in [2.05, 4.69) is 5.32 Å². The summed E-state index contributed by atoms with van der Waals surface area (Å²) in [5.41, 5.74) is 0.584. The highest BCUT2D eigenvalue weighted by Crippen LogP contribution is 2.26. The number of carbonyl (C=O) groups excluding carboxylic acids is 1. The molecule has 1 aliphatic heterocycles. The van der Waals surface area contributed by atoms with Gasteiger partial charge in [0.15, 0.2) is 0 Å². The third-order valence-corrected chi connectivity index (χ3v) is 7.04. The smallest absolute Gasteiger partial charge is 0.224 e. The van der Waals surface area contributed by atoms with E-state index in [4.69, 9.17) is 23.2 Å². The quantitative estimate of drug-likeness (QED) is 0.786. The first-order valence-electron chi connectivity index (χ1n) is 8.45. The number of sulfonamides is 1. The fourth-order valence-electron chi connectivity index (χ4n) is 2.80. The van der Waals surface area contributed by atoms with Crippen molar-refractivity contribution in [3.63, 3.8) is 0 Å². The summed E-state index contributed by atoms with van der Waals surface area (Å²) in [5, 5.41) is 3.67. The summed E-state index contributed by atoms with van der Waals surface area (Å²) >= 11 is 11.8. The van der Waals surface area contributed by atoms with Gasteiger partial charge >= 0.3 is 0 Å². The number of piperidine rings is 1. The molecule has 25 heavy (non-hydrogen) atoms. The van der Waals surface area contributed by atoms with E-state index in [1.165, 1.54) is 4.31 Å². The van der Waals surface area contributed by atoms with Crippen LogP contribution in [0.25, 0.3) is 0 Å². The third-order valence-electron chi connectivity index (χ3n) is 4.48. The normalized spacial score (nSPS) is 20.2. The average molecular weight is 407 g/mol. The molecule has 1 saturated heterocycles. The van der Waals surface area contributed by atoms with E-state index in [1.54, 1.807) is 18.2 Å². The molecule has 140 valence electrons. The maximum atomic E-state index is 12.7. The molecule has 0 bridgehead atoms. The molecule has 1 aliphatic rings. The van der Waals surface area contributed by atoms with Crippen LogP contribution >= 0.6 is 23.2 Å². The highest BCUT2D eigenvalue weighted by molar-refractivity contribution is 7.88. The summed E-state index contributed by atoms with van der Waals surface area (Å²) in [7, 11) is -3.51. The lowest BCUT2D eigenvalue weighted by atomic mass is 9.98. The molecule has 1 aromatic carbocycles. The van der Waals surface area contributed by atoms with Gasteiger partial charge in [-0.1, -0.05) is 36.2 Å². The van der Waals surface area contributed by atoms with Gasteiger partial charge in [0, 0.05) is 19.1 Å². The maximum Gasteiger partial charge on any atom is 0.224 e. The molecule has 0 aliphatic carbocycles. The average Bonchev–Trinajstić information content (AvgIpc) is 2.58. The van der Waals surface area contributed by atoms with Crippen molar-refractivity contribution in [2.24, 2.45) is 5.92 Å². The van der Waals surface area contributed by atoms with Gasteiger partial charge in [-0.2, -0.15) is 0 Å². The number of nitrogens with zero attached hydrogens (tertiary/aromatic N) is 1. The summed E-state index contributed by atoms with van der Waals surface area (Å²) in [6.45, 7) is 4.61.